The Morgan fingerprint density at radius 3 is 2.53 bits per heavy atom. The molecule has 2 unspecified atom stereocenters. The molecule has 0 saturated heterocycles. The van der Waals surface area contributed by atoms with Gasteiger partial charge in [-0.25, -0.2) is 0 Å². The lowest BCUT2D eigenvalue weighted by Gasteiger charge is -2.16. The number of nitrogens with zero attached hydrogens (tertiary/aromatic N) is 1. The van der Waals surface area contributed by atoms with Crippen LogP contribution in [0.4, 0.5) is 0 Å². The van der Waals surface area contributed by atoms with Crippen LogP contribution in [0.15, 0.2) is 18.3 Å². The highest BCUT2D eigenvalue weighted by molar-refractivity contribution is 9.09. The van der Waals surface area contributed by atoms with Crippen molar-refractivity contribution >= 4 is 15.9 Å². The maximum atomic E-state index is 9.71. The number of alkyl halides is 1. The van der Waals surface area contributed by atoms with Crippen LogP contribution >= 0.6 is 15.9 Å². The predicted octanol–water partition coefficient (Wildman–Crippen LogP) is 0.753. The Morgan fingerprint density at radius 1 is 1.33 bits per heavy atom. The SMILES string of the molecule is OCc1ccc(C(O)C(O)CCBr)cn1. The molecule has 0 fully saturated rings. The third-order valence-electron chi connectivity index (χ3n) is 2.12. The third kappa shape index (κ3) is 3.53. The summed E-state index contributed by atoms with van der Waals surface area (Å²) >= 11 is 3.19. The van der Waals surface area contributed by atoms with E-state index in [1.807, 2.05) is 0 Å². The second-order valence-corrected chi connectivity index (χ2v) is 4.02. The standard InChI is InChI=1S/C10H14BrNO3/c11-4-3-9(14)10(15)7-1-2-8(6-13)12-5-7/h1-2,5,9-10,13-15H,3-4,6H2. The number of hydrogen-bond acceptors (Lipinski definition) is 4. The summed E-state index contributed by atoms with van der Waals surface area (Å²) in [5.74, 6) is 0. The van der Waals surface area contributed by atoms with Crippen molar-refractivity contribution in [3.05, 3.63) is 29.6 Å². The zero-order chi connectivity index (χ0) is 11.3. The molecule has 0 radical (unpaired) electrons. The normalized spacial score (nSPS) is 14.9. The predicted molar refractivity (Wildman–Crippen MR) is 59.5 cm³/mol. The average Bonchev–Trinajstić information content (AvgIpc) is 2.28. The van der Waals surface area contributed by atoms with Gasteiger partial charge in [-0.3, -0.25) is 4.98 Å². The van der Waals surface area contributed by atoms with Crippen molar-refractivity contribution in [2.45, 2.75) is 25.2 Å². The molecule has 1 aromatic heterocycles. The highest BCUT2D eigenvalue weighted by atomic mass is 79.9. The molecular weight excluding hydrogens is 262 g/mol. The fourth-order valence-electron chi connectivity index (χ4n) is 1.20. The Balaban J connectivity index is 2.69. The van der Waals surface area contributed by atoms with Gasteiger partial charge in [-0.05, 0) is 12.5 Å². The van der Waals surface area contributed by atoms with E-state index in [4.69, 9.17) is 5.11 Å². The van der Waals surface area contributed by atoms with E-state index in [-0.39, 0.29) is 6.61 Å². The van der Waals surface area contributed by atoms with Crippen LogP contribution in [0.2, 0.25) is 0 Å². The van der Waals surface area contributed by atoms with Gasteiger partial charge in [-0.2, -0.15) is 0 Å². The molecule has 0 saturated carbocycles. The summed E-state index contributed by atoms with van der Waals surface area (Å²) in [6.07, 6.45) is 0.213. The number of aliphatic hydroxyl groups excluding tert-OH is 3. The summed E-state index contributed by atoms with van der Waals surface area (Å²) in [4.78, 5) is 3.93. The largest absolute Gasteiger partial charge is 0.390 e. The molecular formula is C10H14BrNO3. The van der Waals surface area contributed by atoms with Crippen molar-refractivity contribution in [2.24, 2.45) is 0 Å². The van der Waals surface area contributed by atoms with Crippen molar-refractivity contribution in [1.29, 1.82) is 0 Å². The molecule has 1 heterocycles. The second-order valence-electron chi connectivity index (χ2n) is 3.23. The highest BCUT2D eigenvalue weighted by Gasteiger charge is 2.17. The van der Waals surface area contributed by atoms with E-state index >= 15 is 0 Å². The van der Waals surface area contributed by atoms with Gasteiger partial charge in [0, 0.05) is 17.1 Å². The number of pyridine rings is 1. The van der Waals surface area contributed by atoms with E-state index in [1.54, 1.807) is 12.1 Å². The van der Waals surface area contributed by atoms with Crippen LogP contribution in [-0.4, -0.2) is 31.7 Å². The smallest absolute Gasteiger partial charge is 0.106 e. The van der Waals surface area contributed by atoms with Gasteiger partial charge in [-0.1, -0.05) is 22.0 Å². The number of aromatic nitrogens is 1. The van der Waals surface area contributed by atoms with Gasteiger partial charge in [-0.15, -0.1) is 0 Å². The van der Waals surface area contributed by atoms with Gasteiger partial charge in [0.25, 0.3) is 0 Å². The van der Waals surface area contributed by atoms with E-state index in [0.29, 0.717) is 23.0 Å². The first kappa shape index (κ1) is 12.6. The fraction of sp³-hybridized carbons (Fsp3) is 0.500. The fourth-order valence-corrected chi connectivity index (χ4v) is 1.67. The Labute approximate surface area is 96.7 Å². The minimum atomic E-state index is -0.928. The van der Waals surface area contributed by atoms with Crippen LogP contribution in [0.5, 0.6) is 0 Å². The minimum Gasteiger partial charge on any atom is -0.390 e. The van der Waals surface area contributed by atoms with Crippen LogP contribution < -0.4 is 0 Å². The number of halogens is 1. The van der Waals surface area contributed by atoms with Gasteiger partial charge in [0.1, 0.15) is 6.10 Å². The first-order chi connectivity index (χ1) is 7.19. The van der Waals surface area contributed by atoms with E-state index in [2.05, 4.69) is 20.9 Å². The maximum absolute atomic E-state index is 9.71. The zero-order valence-electron chi connectivity index (χ0n) is 8.17. The third-order valence-corrected chi connectivity index (χ3v) is 2.58. The molecule has 0 aliphatic carbocycles. The summed E-state index contributed by atoms with van der Waals surface area (Å²) in [5.41, 5.74) is 1.10. The number of hydrogen-bond donors (Lipinski definition) is 3. The van der Waals surface area contributed by atoms with Gasteiger partial charge in [0.05, 0.1) is 18.4 Å². The van der Waals surface area contributed by atoms with Crippen LogP contribution in [0, 0.1) is 0 Å². The van der Waals surface area contributed by atoms with Gasteiger partial charge < -0.3 is 15.3 Å². The van der Waals surface area contributed by atoms with Crippen molar-refractivity contribution < 1.29 is 15.3 Å². The van der Waals surface area contributed by atoms with E-state index in [9.17, 15) is 10.2 Å². The Bertz CT molecular complexity index is 291. The molecule has 0 aliphatic heterocycles. The molecule has 3 N–H and O–H groups in total. The Kier molecular flexibility index (Phi) is 5.17. The van der Waals surface area contributed by atoms with Gasteiger partial charge >= 0.3 is 0 Å². The lowest BCUT2D eigenvalue weighted by molar-refractivity contribution is 0.0171. The quantitative estimate of drug-likeness (QED) is 0.694. The second kappa shape index (κ2) is 6.17. The summed E-state index contributed by atoms with van der Waals surface area (Å²) < 4.78 is 0. The van der Waals surface area contributed by atoms with Crippen molar-refractivity contribution in [3.8, 4) is 0 Å². The molecule has 2 atom stereocenters. The molecule has 0 amide bonds. The molecule has 0 aromatic carbocycles. The van der Waals surface area contributed by atoms with Gasteiger partial charge in [0.15, 0.2) is 0 Å². The molecule has 4 nitrogen and oxygen atoms in total. The number of aliphatic hydroxyl groups is 3. The van der Waals surface area contributed by atoms with Crippen LogP contribution in [-0.2, 0) is 6.61 Å². The van der Waals surface area contributed by atoms with Gasteiger partial charge in [0.2, 0.25) is 0 Å². The molecule has 84 valence electrons. The summed E-state index contributed by atoms with van der Waals surface area (Å²) in [7, 11) is 0. The summed E-state index contributed by atoms with van der Waals surface area (Å²) in [6, 6.07) is 3.28. The average molecular weight is 276 g/mol. The van der Waals surface area contributed by atoms with E-state index < -0.39 is 12.2 Å². The van der Waals surface area contributed by atoms with Crippen LogP contribution in [0.25, 0.3) is 0 Å². The molecule has 1 rings (SSSR count). The van der Waals surface area contributed by atoms with E-state index in [0.717, 1.165) is 0 Å². The monoisotopic (exact) mass is 275 g/mol. The Hall–Kier alpha value is -0.490. The van der Waals surface area contributed by atoms with Crippen LogP contribution in [0.1, 0.15) is 23.8 Å². The van der Waals surface area contributed by atoms with Crippen LogP contribution in [0.3, 0.4) is 0 Å². The molecule has 0 spiro atoms. The minimum absolute atomic E-state index is 0.125. The molecule has 0 bridgehead atoms. The first-order valence-corrected chi connectivity index (χ1v) is 5.79. The maximum Gasteiger partial charge on any atom is 0.106 e. The number of rotatable bonds is 5. The van der Waals surface area contributed by atoms with Crippen molar-refractivity contribution in [1.82, 2.24) is 4.98 Å². The van der Waals surface area contributed by atoms with Crippen molar-refractivity contribution in [3.63, 3.8) is 0 Å². The molecule has 1 aromatic rings. The van der Waals surface area contributed by atoms with Crippen molar-refractivity contribution in [2.75, 3.05) is 5.33 Å². The highest BCUT2D eigenvalue weighted by Crippen LogP contribution is 2.18. The lowest BCUT2D eigenvalue weighted by atomic mass is 10.0. The molecule has 5 heteroatoms. The lowest BCUT2D eigenvalue weighted by Crippen LogP contribution is -2.18. The first-order valence-electron chi connectivity index (χ1n) is 4.66. The summed E-state index contributed by atoms with van der Waals surface area (Å²) in [5, 5.41) is 28.7. The molecule has 0 aliphatic rings. The zero-order valence-corrected chi connectivity index (χ0v) is 9.76. The Morgan fingerprint density at radius 2 is 2.07 bits per heavy atom. The summed E-state index contributed by atoms with van der Waals surface area (Å²) in [6.45, 7) is -0.125. The molecule has 15 heavy (non-hydrogen) atoms. The van der Waals surface area contributed by atoms with E-state index in [1.165, 1.54) is 6.20 Å². The topological polar surface area (TPSA) is 73.6 Å².